The molecule has 0 saturated heterocycles. The molecule has 1 aliphatic carbocycles. The van der Waals surface area contributed by atoms with E-state index >= 15 is 0 Å². The number of nitrogens with zero attached hydrogens (tertiary/aromatic N) is 1. The summed E-state index contributed by atoms with van der Waals surface area (Å²) in [5.41, 5.74) is 0.621. The van der Waals surface area contributed by atoms with Gasteiger partial charge in [0.1, 0.15) is 5.41 Å². The van der Waals surface area contributed by atoms with Crippen molar-refractivity contribution >= 4 is 33.7 Å². The lowest BCUT2D eigenvalue weighted by Gasteiger charge is -2.30. The van der Waals surface area contributed by atoms with Crippen molar-refractivity contribution in [2.45, 2.75) is 19.3 Å². The van der Waals surface area contributed by atoms with Crippen LogP contribution in [-0.4, -0.2) is 30.2 Å². The lowest BCUT2D eigenvalue weighted by Crippen LogP contribution is -2.45. The third-order valence-corrected chi connectivity index (χ3v) is 4.62. The Morgan fingerprint density at radius 3 is 2.62 bits per heavy atom. The molecule has 0 spiro atoms. The molecule has 126 valence electrons. The minimum absolute atomic E-state index is 0.0899. The molecular weight excluding hydrogens is 366 g/mol. The van der Waals surface area contributed by atoms with Gasteiger partial charge in [-0.25, -0.2) is 0 Å². The molecule has 1 aromatic rings. The average Bonchev–Trinajstić information content (AvgIpc) is 2.85. The Labute approximate surface area is 151 Å². The first-order valence-corrected chi connectivity index (χ1v) is 8.70. The van der Waals surface area contributed by atoms with E-state index in [-0.39, 0.29) is 11.7 Å². The van der Waals surface area contributed by atoms with Crippen LogP contribution in [0.25, 0.3) is 6.08 Å². The highest BCUT2D eigenvalue weighted by atomic mass is 79.9. The Hall–Kier alpha value is -1.94. The number of Topliss-reactive ketones (excluding diaryl/α,β-unsaturated/α-hetero) is 1. The van der Waals surface area contributed by atoms with Crippen LogP contribution < -0.4 is 0 Å². The zero-order chi connectivity index (χ0) is 17.7. The summed E-state index contributed by atoms with van der Waals surface area (Å²) in [5, 5.41) is 0. The summed E-state index contributed by atoms with van der Waals surface area (Å²) in [6, 6.07) is 9.71. The molecule has 0 heterocycles. The number of hydrogen-bond donors (Lipinski definition) is 0. The molecule has 4 heteroatoms. The molecule has 1 unspecified atom stereocenters. The minimum Gasteiger partial charge on any atom is -0.341 e. The third kappa shape index (κ3) is 3.75. The number of amides is 1. The van der Waals surface area contributed by atoms with Gasteiger partial charge in [0.25, 0.3) is 0 Å². The molecular formula is C20H22BrNO2. The number of benzene rings is 1. The summed E-state index contributed by atoms with van der Waals surface area (Å²) in [6.07, 6.45) is 4.98. The fourth-order valence-electron chi connectivity index (χ4n) is 3.19. The van der Waals surface area contributed by atoms with Gasteiger partial charge in [-0.1, -0.05) is 58.9 Å². The van der Waals surface area contributed by atoms with Crippen molar-refractivity contribution in [3.05, 3.63) is 65.2 Å². The molecule has 1 fully saturated rings. The first-order chi connectivity index (χ1) is 11.4. The smallest absolute Gasteiger partial charge is 0.237 e. The van der Waals surface area contributed by atoms with Gasteiger partial charge in [-0.2, -0.15) is 0 Å². The molecule has 0 N–H and O–H groups in total. The number of allylic oxidation sites excluding steroid dienone is 2. The van der Waals surface area contributed by atoms with Gasteiger partial charge < -0.3 is 4.90 Å². The Morgan fingerprint density at radius 1 is 1.38 bits per heavy atom. The number of halogens is 1. The van der Waals surface area contributed by atoms with Crippen LogP contribution in [-0.2, 0) is 9.59 Å². The topological polar surface area (TPSA) is 37.4 Å². The van der Waals surface area contributed by atoms with Gasteiger partial charge in [-0.3, -0.25) is 9.59 Å². The number of ketones is 1. The molecule has 0 aliphatic heterocycles. The summed E-state index contributed by atoms with van der Waals surface area (Å²) < 4.78 is 0.664. The zero-order valence-corrected chi connectivity index (χ0v) is 15.5. The largest absolute Gasteiger partial charge is 0.341 e. The Balaban J connectivity index is 2.37. The standard InChI is InChI=1S/C20H22BrNO2/c1-4-12-22(3)19(24)20(14-15(2)21)11-10-17(18(20)23)13-16-8-6-5-7-9-16/h4-9,13H,1-2,10-12,14H2,3H3/b17-13+. The number of hydrogen-bond acceptors (Lipinski definition) is 2. The van der Waals surface area contributed by atoms with Crippen molar-refractivity contribution in [3.63, 3.8) is 0 Å². The third-order valence-electron chi connectivity index (χ3n) is 4.34. The van der Waals surface area contributed by atoms with Crippen LogP contribution in [0.2, 0.25) is 0 Å². The molecule has 1 aliphatic rings. The van der Waals surface area contributed by atoms with Gasteiger partial charge in [0.05, 0.1) is 0 Å². The second kappa shape index (κ2) is 7.75. The van der Waals surface area contributed by atoms with Crippen molar-refractivity contribution in [2.24, 2.45) is 5.41 Å². The predicted octanol–water partition coefficient (Wildman–Crippen LogP) is 4.36. The van der Waals surface area contributed by atoms with Crippen LogP contribution in [0.1, 0.15) is 24.8 Å². The summed E-state index contributed by atoms with van der Waals surface area (Å²) in [5.74, 6) is -0.252. The summed E-state index contributed by atoms with van der Waals surface area (Å²) in [7, 11) is 1.70. The maximum absolute atomic E-state index is 13.1. The monoisotopic (exact) mass is 387 g/mol. The minimum atomic E-state index is -1.06. The van der Waals surface area contributed by atoms with Crippen LogP contribution in [0, 0.1) is 5.41 Å². The van der Waals surface area contributed by atoms with Crippen LogP contribution in [0.3, 0.4) is 0 Å². The molecule has 1 amide bonds. The summed E-state index contributed by atoms with van der Waals surface area (Å²) in [6.45, 7) is 7.93. The van der Waals surface area contributed by atoms with E-state index in [0.717, 1.165) is 5.56 Å². The van der Waals surface area contributed by atoms with Crippen LogP contribution in [0.4, 0.5) is 0 Å². The van der Waals surface area contributed by atoms with Gasteiger partial charge in [0, 0.05) is 20.0 Å². The van der Waals surface area contributed by atoms with E-state index in [4.69, 9.17) is 0 Å². The molecule has 1 atom stereocenters. The number of carbonyl (C=O) groups is 2. The first-order valence-electron chi connectivity index (χ1n) is 7.91. The highest BCUT2D eigenvalue weighted by Crippen LogP contribution is 2.45. The molecule has 2 rings (SSSR count). The van der Waals surface area contributed by atoms with Crippen LogP contribution in [0.5, 0.6) is 0 Å². The zero-order valence-electron chi connectivity index (χ0n) is 13.9. The second-order valence-corrected chi connectivity index (χ2v) is 7.28. The normalized spacial score (nSPS) is 21.8. The molecule has 3 nitrogen and oxygen atoms in total. The Kier molecular flexibility index (Phi) is 5.94. The Bertz CT molecular complexity index is 693. The lowest BCUT2D eigenvalue weighted by atomic mass is 9.79. The van der Waals surface area contributed by atoms with Crippen LogP contribution in [0.15, 0.2) is 59.6 Å². The van der Waals surface area contributed by atoms with E-state index in [1.54, 1.807) is 18.0 Å². The second-order valence-electron chi connectivity index (χ2n) is 6.16. The van der Waals surface area contributed by atoms with E-state index in [1.807, 2.05) is 36.4 Å². The Morgan fingerprint density at radius 2 is 2.04 bits per heavy atom. The number of rotatable bonds is 6. The van der Waals surface area contributed by atoms with Gasteiger partial charge in [-0.05, 0) is 34.5 Å². The fraction of sp³-hybridized carbons (Fsp3) is 0.300. The maximum atomic E-state index is 13.1. The van der Waals surface area contributed by atoms with Gasteiger partial charge in [0.2, 0.25) is 5.91 Å². The molecule has 1 saturated carbocycles. The van der Waals surface area contributed by atoms with Gasteiger partial charge in [0.15, 0.2) is 5.78 Å². The molecule has 1 aromatic carbocycles. The quantitative estimate of drug-likeness (QED) is 0.413. The first kappa shape index (κ1) is 18.4. The molecule has 24 heavy (non-hydrogen) atoms. The van der Waals surface area contributed by atoms with Crippen molar-refractivity contribution < 1.29 is 9.59 Å². The van der Waals surface area contributed by atoms with Crippen molar-refractivity contribution in [3.8, 4) is 0 Å². The SMILES string of the molecule is C=CCN(C)C(=O)C1(CC(=C)Br)CC/C(=C\c2ccccc2)C1=O. The number of carbonyl (C=O) groups excluding carboxylic acids is 2. The summed E-state index contributed by atoms with van der Waals surface area (Å²) in [4.78, 5) is 27.6. The van der Waals surface area contributed by atoms with E-state index in [1.165, 1.54) is 0 Å². The van der Waals surface area contributed by atoms with Gasteiger partial charge in [-0.15, -0.1) is 6.58 Å². The lowest BCUT2D eigenvalue weighted by molar-refractivity contribution is -0.145. The predicted molar refractivity (Wildman–Crippen MR) is 102 cm³/mol. The van der Waals surface area contributed by atoms with E-state index in [2.05, 4.69) is 29.1 Å². The van der Waals surface area contributed by atoms with Crippen molar-refractivity contribution in [2.75, 3.05) is 13.6 Å². The van der Waals surface area contributed by atoms with Gasteiger partial charge >= 0.3 is 0 Å². The van der Waals surface area contributed by atoms with E-state index in [9.17, 15) is 9.59 Å². The van der Waals surface area contributed by atoms with Crippen LogP contribution >= 0.6 is 15.9 Å². The summed E-state index contributed by atoms with van der Waals surface area (Å²) >= 11 is 3.33. The van der Waals surface area contributed by atoms with Crippen molar-refractivity contribution in [1.82, 2.24) is 4.90 Å². The van der Waals surface area contributed by atoms with E-state index < -0.39 is 5.41 Å². The fourth-order valence-corrected chi connectivity index (χ4v) is 3.67. The highest BCUT2D eigenvalue weighted by molar-refractivity contribution is 9.11. The average molecular weight is 388 g/mol. The molecule has 0 aromatic heterocycles. The highest BCUT2D eigenvalue weighted by Gasteiger charge is 2.51. The van der Waals surface area contributed by atoms with Crippen molar-refractivity contribution in [1.29, 1.82) is 0 Å². The van der Waals surface area contributed by atoms with E-state index in [0.29, 0.717) is 35.9 Å². The molecule has 0 radical (unpaired) electrons. The maximum Gasteiger partial charge on any atom is 0.237 e. The molecule has 0 bridgehead atoms. The number of likely N-dealkylation sites (N-methyl/N-ethyl adjacent to an activating group) is 1.